The number of aromatic nitrogens is 2. The van der Waals surface area contributed by atoms with Crippen LogP contribution in [-0.2, 0) is 0 Å². The van der Waals surface area contributed by atoms with Gasteiger partial charge in [0.15, 0.2) is 5.82 Å². The van der Waals surface area contributed by atoms with Crippen LogP contribution in [-0.4, -0.2) is 23.1 Å². The molecule has 86 valence electrons. The lowest BCUT2D eigenvalue weighted by atomic mass is 10.2. The van der Waals surface area contributed by atoms with Crippen LogP contribution in [0.15, 0.2) is 42.6 Å². The van der Waals surface area contributed by atoms with Crippen molar-refractivity contribution in [3.05, 3.63) is 42.6 Å². The molecule has 0 unspecified atom stereocenters. The molecule has 17 heavy (non-hydrogen) atoms. The van der Waals surface area contributed by atoms with E-state index in [1.54, 1.807) is 0 Å². The third-order valence-corrected chi connectivity index (χ3v) is 3.10. The van der Waals surface area contributed by atoms with E-state index in [1.807, 2.05) is 42.6 Å². The molecule has 0 aliphatic carbocycles. The monoisotopic (exact) mass is 225 g/mol. The lowest BCUT2D eigenvalue weighted by Crippen LogP contribution is -2.19. The summed E-state index contributed by atoms with van der Waals surface area (Å²) in [6.07, 6.45) is 4.39. The molecule has 1 aliphatic heterocycles. The normalized spacial score (nSPS) is 15.2. The number of nitrogens with zero attached hydrogens (tertiary/aromatic N) is 3. The zero-order valence-electron chi connectivity index (χ0n) is 9.71. The molecule has 1 aliphatic rings. The van der Waals surface area contributed by atoms with Crippen LogP contribution < -0.4 is 4.90 Å². The van der Waals surface area contributed by atoms with Gasteiger partial charge in [0.25, 0.3) is 0 Å². The molecule has 2 aromatic rings. The Morgan fingerprint density at radius 2 is 1.71 bits per heavy atom. The molecule has 3 nitrogen and oxygen atoms in total. The average molecular weight is 225 g/mol. The second kappa shape index (κ2) is 4.53. The fraction of sp³-hybridized carbons (Fsp3) is 0.286. The van der Waals surface area contributed by atoms with Crippen LogP contribution in [0.25, 0.3) is 11.4 Å². The van der Waals surface area contributed by atoms with Gasteiger partial charge in [0.05, 0.1) is 0 Å². The van der Waals surface area contributed by atoms with E-state index < -0.39 is 0 Å². The van der Waals surface area contributed by atoms with Crippen molar-refractivity contribution >= 4 is 5.82 Å². The minimum atomic E-state index is 0.815. The van der Waals surface area contributed by atoms with Gasteiger partial charge in [-0.2, -0.15) is 0 Å². The standard InChI is InChI=1S/C14H15N3/c1-2-6-12(7-3-1)14-15-9-8-13(16-14)17-10-4-5-11-17/h1-3,6-9H,4-5,10-11H2. The Balaban J connectivity index is 1.94. The highest BCUT2D eigenvalue weighted by atomic mass is 15.2. The van der Waals surface area contributed by atoms with E-state index in [1.165, 1.54) is 12.8 Å². The van der Waals surface area contributed by atoms with Crippen molar-refractivity contribution < 1.29 is 0 Å². The van der Waals surface area contributed by atoms with E-state index in [4.69, 9.17) is 0 Å². The van der Waals surface area contributed by atoms with E-state index in [-0.39, 0.29) is 0 Å². The molecule has 0 atom stereocenters. The molecule has 3 heteroatoms. The number of benzene rings is 1. The molecule has 1 aromatic carbocycles. The van der Waals surface area contributed by atoms with E-state index in [9.17, 15) is 0 Å². The fourth-order valence-electron chi connectivity index (χ4n) is 2.20. The summed E-state index contributed by atoms with van der Waals surface area (Å²) in [5, 5.41) is 0. The van der Waals surface area contributed by atoms with E-state index in [2.05, 4.69) is 14.9 Å². The summed E-state index contributed by atoms with van der Waals surface area (Å²) in [6.45, 7) is 2.23. The first kappa shape index (κ1) is 10.3. The molecule has 1 saturated heterocycles. The highest BCUT2D eigenvalue weighted by Crippen LogP contribution is 2.20. The Morgan fingerprint density at radius 1 is 0.941 bits per heavy atom. The molecule has 0 amide bonds. The molecule has 2 heterocycles. The summed E-state index contributed by atoms with van der Waals surface area (Å²) in [5.41, 5.74) is 1.08. The van der Waals surface area contributed by atoms with Gasteiger partial charge in [0, 0.05) is 24.8 Å². The fourth-order valence-corrected chi connectivity index (χ4v) is 2.20. The highest BCUT2D eigenvalue weighted by molar-refractivity contribution is 5.57. The minimum Gasteiger partial charge on any atom is -0.357 e. The quantitative estimate of drug-likeness (QED) is 0.787. The Morgan fingerprint density at radius 3 is 2.47 bits per heavy atom. The maximum atomic E-state index is 4.64. The van der Waals surface area contributed by atoms with Crippen molar-refractivity contribution in [2.45, 2.75) is 12.8 Å². The largest absolute Gasteiger partial charge is 0.357 e. The Hall–Kier alpha value is -1.90. The van der Waals surface area contributed by atoms with Crippen molar-refractivity contribution in [1.29, 1.82) is 0 Å². The number of anilines is 1. The maximum Gasteiger partial charge on any atom is 0.161 e. The predicted molar refractivity (Wildman–Crippen MR) is 68.9 cm³/mol. The van der Waals surface area contributed by atoms with Crippen molar-refractivity contribution in [3.63, 3.8) is 0 Å². The topological polar surface area (TPSA) is 29.0 Å². The van der Waals surface area contributed by atoms with Gasteiger partial charge in [-0.15, -0.1) is 0 Å². The maximum absolute atomic E-state index is 4.64. The number of hydrogen-bond acceptors (Lipinski definition) is 3. The zero-order valence-corrected chi connectivity index (χ0v) is 9.71. The summed E-state index contributed by atoms with van der Waals surface area (Å²) in [6, 6.07) is 12.1. The van der Waals surface area contributed by atoms with Crippen LogP contribution >= 0.6 is 0 Å². The van der Waals surface area contributed by atoms with Crippen molar-refractivity contribution in [3.8, 4) is 11.4 Å². The second-order valence-corrected chi connectivity index (χ2v) is 4.30. The van der Waals surface area contributed by atoms with Crippen molar-refractivity contribution in [2.24, 2.45) is 0 Å². The van der Waals surface area contributed by atoms with E-state index in [0.29, 0.717) is 0 Å². The summed E-state index contributed by atoms with van der Waals surface area (Å²) in [7, 11) is 0. The highest BCUT2D eigenvalue weighted by Gasteiger charge is 2.14. The lowest BCUT2D eigenvalue weighted by Gasteiger charge is -2.16. The molecule has 0 bridgehead atoms. The predicted octanol–water partition coefficient (Wildman–Crippen LogP) is 2.74. The Labute approximate surface area is 101 Å². The number of hydrogen-bond donors (Lipinski definition) is 0. The zero-order chi connectivity index (χ0) is 11.5. The van der Waals surface area contributed by atoms with Crippen LogP contribution in [0.1, 0.15) is 12.8 Å². The van der Waals surface area contributed by atoms with Crippen LogP contribution in [0.2, 0.25) is 0 Å². The van der Waals surface area contributed by atoms with Crippen LogP contribution in [0, 0.1) is 0 Å². The van der Waals surface area contributed by atoms with Gasteiger partial charge in [0.2, 0.25) is 0 Å². The summed E-state index contributed by atoms with van der Waals surface area (Å²) >= 11 is 0. The Kier molecular flexibility index (Phi) is 2.74. The molecule has 0 N–H and O–H groups in total. The SMILES string of the molecule is c1ccc(-c2nccc(N3CCCC3)n2)cc1. The second-order valence-electron chi connectivity index (χ2n) is 4.30. The van der Waals surface area contributed by atoms with Gasteiger partial charge in [-0.3, -0.25) is 0 Å². The van der Waals surface area contributed by atoms with Crippen molar-refractivity contribution in [1.82, 2.24) is 9.97 Å². The molecule has 1 aromatic heterocycles. The smallest absolute Gasteiger partial charge is 0.161 e. The molecule has 0 spiro atoms. The summed E-state index contributed by atoms with van der Waals surface area (Å²) in [5.74, 6) is 1.87. The van der Waals surface area contributed by atoms with Crippen molar-refractivity contribution in [2.75, 3.05) is 18.0 Å². The lowest BCUT2D eigenvalue weighted by molar-refractivity contribution is 0.930. The first-order valence-corrected chi connectivity index (χ1v) is 6.07. The molecule has 1 fully saturated rings. The average Bonchev–Trinajstić information content (AvgIpc) is 2.94. The summed E-state index contributed by atoms with van der Waals surface area (Å²) < 4.78 is 0. The van der Waals surface area contributed by atoms with Crippen LogP contribution in [0.3, 0.4) is 0 Å². The third-order valence-electron chi connectivity index (χ3n) is 3.10. The minimum absolute atomic E-state index is 0.815. The molecular formula is C14H15N3. The van der Waals surface area contributed by atoms with Gasteiger partial charge in [-0.25, -0.2) is 9.97 Å². The van der Waals surface area contributed by atoms with Gasteiger partial charge < -0.3 is 4.90 Å². The first-order chi connectivity index (χ1) is 8.43. The van der Waals surface area contributed by atoms with Crippen LogP contribution in [0.4, 0.5) is 5.82 Å². The first-order valence-electron chi connectivity index (χ1n) is 6.07. The van der Waals surface area contributed by atoms with Gasteiger partial charge in [-0.05, 0) is 18.9 Å². The number of rotatable bonds is 2. The Bertz CT molecular complexity index is 490. The van der Waals surface area contributed by atoms with Gasteiger partial charge >= 0.3 is 0 Å². The molecule has 0 saturated carbocycles. The van der Waals surface area contributed by atoms with E-state index in [0.717, 1.165) is 30.3 Å². The molecular weight excluding hydrogens is 210 g/mol. The van der Waals surface area contributed by atoms with E-state index >= 15 is 0 Å². The molecule has 3 rings (SSSR count). The molecule has 0 radical (unpaired) electrons. The van der Waals surface area contributed by atoms with Gasteiger partial charge in [0.1, 0.15) is 5.82 Å². The van der Waals surface area contributed by atoms with Crippen LogP contribution in [0.5, 0.6) is 0 Å². The summed E-state index contributed by atoms with van der Waals surface area (Å²) in [4.78, 5) is 11.3. The third kappa shape index (κ3) is 2.13. The van der Waals surface area contributed by atoms with Gasteiger partial charge in [-0.1, -0.05) is 30.3 Å².